The molecule has 1 amide bonds. The number of carbonyl (C=O) groups excluding carboxylic acids is 2. The molecule has 2 rings (SSSR count). The van der Waals surface area contributed by atoms with Gasteiger partial charge in [0.05, 0.1) is 18.8 Å². The maximum absolute atomic E-state index is 12.0. The predicted octanol–water partition coefficient (Wildman–Crippen LogP) is 4.45. The molecule has 0 heterocycles. The van der Waals surface area contributed by atoms with Crippen LogP contribution in [0.25, 0.3) is 0 Å². The summed E-state index contributed by atoms with van der Waals surface area (Å²) in [5.41, 5.74) is 1.04. The Morgan fingerprint density at radius 3 is 2.11 bits per heavy atom. The molecule has 0 atom stereocenters. The van der Waals surface area contributed by atoms with E-state index in [1.54, 1.807) is 48.5 Å². The zero-order valence-corrected chi connectivity index (χ0v) is 16.4. The van der Waals surface area contributed by atoms with Crippen molar-refractivity contribution in [2.45, 2.75) is 33.1 Å². The predicted molar refractivity (Wildman–Crippen MR) is 108 cm³/mol. The summed E-state index contributed by atoms with van der Waals surface area (Å²) in [7, 11) is 0. The van der Waals surface area contributed by atoms with E-state index in [-0.39, 0.29) is 18.5 Å². The molecule has 0 fully saturated rings. The Morgan fingerprint density at radius 2 is 1.50 bits per heavy atom. The Labute approximate surface area is 165 Å². The molecule has 0 aromatic heterocycles. The van der Waals surface area contributed by atoms with Crippen LogP contribution >= 0.6 is 0 Å². The minimum atomic E-state index is -0.354. The van der Waals surface area contributed by atoms with Gasteiger partial charge in [0.1, 0.15) is 11.5 Å². The van der Waals surface area contributed by atoms with Gasteiger partial charge in [-0.25, -0.2) is 4.79 Å². The van der Waals surface area contributed by atoms with Crippen LogP contribution in [0.1, 0.15) is 43.5 Å². The monoisotopic (exact) mass is 385 g/mol. The van der Waals surface area contributed by atoms with Gasteiger partial charge < -0.3 is 19.5 Å². The third-order valence-corrected chi connectivity index (χ3v) is 3.89. The normalized spacial score (nSPS) is 10.2. The number of hydrogen-bond donors (Lipinski definition) is 1. The van der Waals surface area contributed by atoms with Crippen molar-refractivity contribution in [3.8, 4) is 11.5 Å². The lowest BCUT2D eigenvalue weighted by Gasteiger charge is -2.09. The third-order valence-electron chi connectivity index (χ3n) is 3.89. The summed E-state index contributed by atoms with van der Waals surface area (Å²) in [6, 6.07) is 13.7. The standard InChI is InChI=1S/C22H27NO5/c1-3-5-6-15-27-22(25)17-7-9-18(10-8-17)23-21(24)16-28-20-13-11-19(12-14-20)26-4-2/h7-14H,3-6,15-16H2,1-2H3,(H,23,24). The molecule has 28 heavy (non-hydrogen) atoms. The molecular weight excluding hydrogens is 358 g/mol. The first kappa shape index (κ1) is 21.3. The van der Waals surface area contributed by atoms with Crippen LogP contribution in [0, 0.1) is 0 Å². The van der Waals surface area contributed by atoms with Gasteiger partial charge in [-0.1, -0.05) is 19.8 Å². The average Bonchev–Trinajstić information content (AvgIpc) is 2.71. The van der Waals surface area contributed by atoms with Gasteiger partial charge in [0.15, 0.2) is 6.61 Å². The van der Waals surface area contributed by atoms with Gasteiger partial charge in [-0.05, 0) is 61.9 Å². The Hall–Kier alpha value is -3.02. The lowest BCUT2D eigenvalue weighted by molar-refractivity contribution is -0.118. The van der Waals surface area contributed by atoms with Crippen LogP contribution in [0.15, 0.2) is 48.5 Å². The number of amides is 1. The molecule has 1 N–H and O–H groups in total. The van der Waals surface area contributed by atoms with E-state index < -0.39 is 0 Å². The molecular formula is C22H27NO5. The van der Waals surface area contributed by atoms with Gasteiger partial charge in [0.2, 0.25) is 0 Å². The smallest absolute Gasteiger partial charge is 0.338 e. The summed E-state index contributed by atoms with van der Waals surface area (Å²) in [5, 5.41) is 2.73. The number of rotatable bonds is 11. The van der Waals surface area contributed by atoms with Crippen LogP contribution in [-0.2, 0) is 9.53 Å². The molecule has 0 saturated heterocycles. The van der Waals surface area contributed by atoms with Crippen LogP contribution < -0.4 is 14.8 Å². The number of benzene rings is 2. The third kappa shape index (κ3) is 7.31. The van der Waals surface area contributed by atoms with Crippen molar-refractivity contribution in [3.05, 3.63) is 54.1 Å². The second-order valence-electron chi connectivity index (χ2n) is 6.16. The van der Waals surface area contributed by atoms with Crippen LogP contribution in [0.4, 0.5) is 5.69 Å². The van der Waals surface area contributed by atoms with Gasteiger partial charge >= 0.3 is 5.97 Å². The Balaban J connectivity index is 1.76. The fourth-order valence-electron chi connectivity index (χ4n) is 2.43. The molecule has 0 aliphatic carbocycles. The number of hydrogen-bond acceptors (Lipinski definition) is 5. The molecule has 0 bridgehead atoms. The zero-order chi connectivity index (χ0) is 20.2. The van der Waals surface area contributed by atoms with Gasteiger partial charge in [0.25, 0.3) is 5.91 Å². The van der Waals surface area contributed by atoms with E-state index in [0.29, 0.717) is 30.2 Å². The first-order chi connectivity index (χ1) is 13.6. The van der Waals surface area contributed by atoms with Crippen molar-refractivity contribution >= 4 is 17.6 Å². The molecule has 2 aromatic rings. The highest BCUT2D eigenvalue weighted by atomic mass is 16.5. The summed E-state index contributed by atoms with van der Waals surface area (Å²) < 4.78 is 16.0. The van der Waals surface area contributed by atoms with Crippen molar-refractivity contribution in [1.29, 1.82) is 0 Å². The Kier molecular flexibility index (Phi) is 8.85. The van der Waals surface area contributed by atoms with E-state index >= 15 is 0 Å². The molecule has 0 spiro atoms. The highest BCUT2D eigenvalue weighted by molar-refractivity contribution is 5.93. The van der Waals surface area contributed by atoms with E-state index in [1.807, 2.05) is 6.92 Å². The quantitative estimate of drug-likeness (QED) is 0.457. The molecule has 0 unspecified atom stereocenters. The Bertz CT molecular complexity index is 741. The summed E-state index contributed by atoms with van der Waals surface area (Å²) in [5.74, 6) is 0.694. The van der Waals surface area contributed by atoms with Crippen LogP contribution in [0.5, 0.6) is 11.5 Å². The summed E-state index contributed by atoms with van der Waals surface area (Å²) >= 11 is 0. The molecule has 0 aliphatic heterocycles. The van der Waals surface area contributed by atoms with Crippen molar-refractivity contribution in [1.82, 2.24) is 0 Å². The maximum Gasteiger partial charge on any atom is 0.338 e. The van der Waals surface area contributed by atoms with Crippen molar-refractivity contribution in [2.24, 2.45) is 0 Å². The largest absolute Gasteiger partial charge is 0.494 e. The highest BCUT2D eigenvalue weighted by Crippen LogP contribution is 2.17. The molecule has 2 aromatic carbocycles. The van der Waals surface area contributed by atoms with Gasteiger partial charge in [-0.2, -0.15) is 0 Å². The molecule has 0 saturated carbocycles. The summed E-state index contributed by atoms with van der Waals surface area (Å²) in [4.78, 5) is 24.0. The van der Waals surface area contributed by atoms with E-state index in [4.69, 9.17) is 14.2 Å². The Morgan fingerprint density at radius 1 is 0.857 bits per heavy atom. The van der Waals surface area contributed by atoms with Crippen molar-refractivity contribution in [2.75, 3.05) is 25.1 Å². The molecule has 6 heteroatoms. The van der Waals surface area contributed by atoms with Gasteiger partial charge in [0, 0.05) is 5.69 Å². The van der Waals surface area contributed by atoms with Crippen LogP contribution in [0.3, 0.4) is 0 Å². The number of ether oxygens (including phenoxy) is 3. The summed E-state index contributed by atoms with van der Waals surface area (Å²) in [6.07, 6.45) is 2.98. The molecule has 6 nitrogen and oxygen atoms in total. The number of unbranched alkanes of at least 4 members (excludes halogenated alkanes) is 2. The number of anilines is 1. The first-order valence-corrected chi connectivity index (χ1v) is 9.55. The number of carbonyl (C=O) groups is 2. The molecule has 150 valence electrons. The molecule has 0 aliphatic rings. The fourth-order valence-corrected chi connectivity index (χ4v) is 2.43. The van der Waals surface area contributed by atoms with Crippen molar-refractivity contribution < 1.29 is 23.8 Å². The van der Waals surface area contributed by atoms with Gasteiger partial charge in [-0.3, -0.25) is 4.79 Å². The summed E-state index contributed by atoms with van der Waals surface area (Å²) in [6.45, 7) is 4.91. The number of nitrogens with one attached hydrogen (secondary N) is 1. The van der Waals surface area contributed by atoms with Crippen LogP contribution in [-0.4, -0.2) is 31.7 Å². The van der Waals surface area contributed by atoms with Gasteiger partial charge in [-0.15, -0.1) is 0 Å². The second kappa shape index (κ2) is 11.6. The van der Waals surface area contributed by atoms with Crippen molar-refractivity contribution in [3.63, 3.8) is 0 Å². The van der Waals surface area contributed by atoms with Crippen LogP contribution in [0.2, 0.25) is 0 Å². The van der Waals surface area contributed by atoms with E-state index in [1.165, 1.54) is 0 Å². The minimum absolute atomic E-state index is 0.116. The maximum atomic E-state index is 12.0. The lowest BCUT2D eigenvalue weighted by Crippen LogP contribution is -2.20. The van der Waals surface area contributed by atoms with E-state index in [0.717, 1.165) is 25.0 Å². The first-order valence-electron chi connectivity index (χ1n) is 9.55. The van der Waals surface area contributed by atoms with E-state index in [2.05, 4.69) is 12.2 Å². The topological polar surface area (TPSA) is 73.9 Å². The SMILES string of the molecule is CCCCCOC(=O)c1ccc(NC(=O)COc2ccc(OCC)cc2)cc1. The minimum Gasteiger partial charge on any atom is -0.494 e. The number of esters is 1. The second-order valence-corrected chi connectivity index (χ2v) is 6.16. The van der Waals surface area contributed by atoms with E-state index in [9.17, 15) is 9.59 Å². The zero-order valence-electron chi connectivity index (χ0n) is 16.4. The average molecular weight is 385 g/mol. The lowest BCUT2D eigenvalue weighted by atomic mass is 10.2. The fraction of sp³-hybridized carbons (Fsp3) is 0.364. The molecule has 0 radical (unpaired) electrons. The highest BCUT2D eigenvalue weighted by Gasteiger charge is 2.08.